The second-order valence-electron chi connectivity index (χ2n) is 5.22. The van der Waals surface area contributed by atoms with E-state index in [2.05, 4.69) is 37.8 Å². The summed E-state index contributed by atoms with van der Waals surface area (Å²) in [6.45, 7) is 5.05. The molecule has 3 heteroatoms. The van der Waals surface area contributed by atoms with E-state index in [9.17, 15) is 0 Å². The van der Waals surface area contributed by atoms with Crippen molar-refractivity contribution < 1.29 is 0 Å². The molecule has 0 heterocycles. The van der Waals surface area contributed by atoms with Crippen LogP contribution in [0.3, 0.4) is 0 Å². The maximum Gasteiger partial charge on any atom is 0.0963 e. The van der Waals surface area contributed by atoms with Gasteiger partial charge in [0.15, 0.2) is 0 Å². The first-order valence-electron chi connectivity index (χ1n) is 5.95. The largest absolute Gasteiger partial charge is 0.387 e. The summed E-state index contributed by atoms with van der Waals surface area (Å²) in [6.07, 6.45) is 5.17. The van der Waals surface area contributed by atoms with Crippen molar-refractivity contribution in [2.24, 2.45) is 16.6 Å². The molecule has 0 unspecified atom stereocenters. The zero-order valence-corrected chi connectivity index (χ0v) is 10.6. The average molecular weight is 211 g/mol. The third kappa shape index (κ3) is 2.94. The molecule has 0 radical (unpaired) electrons. The number of hydrogen-bond acceptors (Lipinski definition) is 2. The van der Waals surface area contributed by atoms with Crippen molar-refractivity contribution in [3.05, 3.63) is 0 Å². The molecule has 0 aromatic rings. The second kappa shape index (κ2) is 4.97. The Labute approximate surface area is 93.7 Å². The van der Waals surface area contributed by atoms with E-state index in [1.165, 1.54) is 25.7 Å². The van der Waals surface area contributed by atoms with E-state index in [1.807, 2.05) is 0 Å². The number of aliphatic imine (C=N–C) groups is 1. The third-order valence-electron chi connectivity index (χ3n) is 3.63. The summed E-state index contributed by atoms with van der Waals surface area (Å²) < 4.78 is 0. The molecule has 15 heavy (non-hydrogen) atoms. The first-order valence-corrected chi connectivity index (χ1v) is 5.95. The summed E-state index contributed by atoms with van der Waals surface area (Å²) in [5.41, 5.74) is 6.16. The molecule has 1 saturated carbocycles. The van der Waals surface area contributed by atoms with E-state index < -0.39 is 0 Å². The molecule has 3 nitrogen and oxygen atoms in total. The summed E-state index contributed by atoms with van der Waals surface area (Å²) in [5.74, 6) is 1.16. The molecule has 1 aliphatic carbocycles. The fraction of sp³-hybridized carbons (Fsp3) is 0.917. The lowest BCUT2D eigenvalue weighted by Gasteiger charge is -2.35. The number of nitrogens with two attached hydrogens (primary N) is 1. The average Bonchev–Trinajstić information content (AvgIpc) is 2.63. The molecule has 1 fully saturated rings. The van der Waals surface area contributed by atoms with Crippen LogP contribution in [-0.2, 0) is 0 Å². The van der Waals surface area contributed by atoms with Crippen LogP contribution in [0.4, 0.5) is 0 Å². The Morgan fingerprint density at radius 1 is 1.33 bits per heavy atom. The van der Waals surface area contributed by atoms with Crippen molar-refractivity contribution in [2.45, 2.75) is 45.1 Å². The highest BCUT2D eigenvalue weighted by atomic mass is 15.2. The Balaban J connectivity index is 2.64. The standard InChI is InChI=1S/C12H25N3/c1-10(2)11(13)14-9-12(15(3)4)7-5-6-8-12/h10H,5-9H2,1-4H3,(H2,13,14). The SMILES string of the molecule is CC(C)C(N)=NCC1(N(C)C)CCCC1. The van der Waals surface area contributed by atoms with Crippen LogP contribution >= 0.6 is 0 Å². The topological polar surface area (TPSA) is 41.6 Å². The van der Waals surface area contributed by atoms with Gasteiger partial charge in [0.1, 0.15) is 0 Å². The summed E-state index contributed by atoms with van der Waals surface area (Å²) in [4.78, 5) is 6.88. The summed E-state index contributed by atoms with van der Waals surface area (Å²) >= 11 is 0. The molecule has 2 N–H and O–H groups in total. The minimum absolute atomic E-state index is 0.277. The molecule has 0 spiro atoms. The van der Waals surface area contributed by atoms with Crippen molar-refractivity contribution in [3.8, 4) is 0 Å². The van der Waals surface area contributed by atoms with Crippen LogP contribution < -0.4 is 5.73 Å². The molecule has 0 saturated heterocycles. The van der Waals surface area contributed by atoms with Crippen LogP contribution in [0.25, 0.3) is 0 Å². The van der Waals surface area contributed by atoms with Gasteiger partial charge in [0.2, 0.25) is 0 Å². The highest BCUT2D eigenvalue weighted by Crippen LogP contribution is 2.33. The minimum atomic E-state index is 0.277. The van der Waals surface area contributed by atoms with E-state index in [-0.39, 0.29) is 5.54 Å². The van der Waals surface area contributed by atoms with Gasteiger partial charge >= 0.3 is 0 Å². The van der Waals surface area contributed by atoms with Crippen molar-refractivity contribution >= 4 is 5.84 Å². The first kappa shape index (κ1) is 12.5. The van der Waals surface area contributed by atoms with E-state index in [4.69, 9.17) is 5.73 Å². The maximum absolute atomic E-state index is 5.89. The van der Waals surface area contributed by atoms with Gasteiger partial charge in [-0.3, -0.25) is 4.99 Å². The van der Waals surface area contributed by atoms with Crippen molar-refractivity contribution in [1.29, 1.82) is 0 Å². The quantitative estimate of drug-likeness (QED) is 0.570. The fourth-order valence-electron chi connectivity index (χ4n) is 2.20. The predicted octanol–water partition coefficient (Wildman–Crippen LogP) is 1.87. The molecule has 0 bridgehead atoms. The number of rotatable bonds is 4. The van der Waals surface area contributed by atoms with Gasteiger partial charge in [-0.05, 0) is 26.9 Å². The van der Waals surface area contributed by atoms with Crippen LogP contribution in [-0.4, -0.2) is 36.9 Å². The predicted molar refractivity (Wildman–Crippen MR) is 66.2 cm³/mol. The van der Waals surface area contributed by atoms with Gasteiger partial charge in [-0.2, -0.15) is 0 Å². The van der Waals surface area contributed by atoms with E-state index >= 15 is 0 Å². The van der Waals surface area contributed by atoms with Gasteiger partial charge in [0.05, 0.1) is 12.4 Å². The molecule has 0 aromatic carbocycles. The van der Waals surface area contributed by atoms with Gasteiger partial charge in [-0.1, -0.05) is 26.7 Å². The van der Waals surface area contributed by atoms with E-state index in [0.717, 1.165) is 12.4 Å². The zero-order chi connectivity index (χ0) is 11.5. The lowest BCUT2D eigenvalue weighted by Crippen LogP contribution is -2.45. The number of amidine groups is 1. The monoisotopic (exact) mass is 211 g/mol. The van der Waals surface area contributed by atoms with Gasteiger partial charge < -0.3 is 10.6 Å². The summed E-state index contributed by atoms with van der Waals surface area (Å²) in [5, 5.41) is 0. The van der Waals surface area contributed by atoms with Crippen LogP contribution in [0.5, 0.6) is 0 Å². The van der Waals surface area contributed by atoms with E-state index in [1.54, 1.807) is 0 Å². The normalized spacial score (nSPS) is 21.6. The molecule has 0 aromatic heterocycles. The Kier molecular flexibility index (Phi) is 4.14. The minimum Gasteiger partial charge on any atom is -0.387 e. The number of hydrogen-bond donors (Lipinski definition) is 1. The van der Waals surface area contributed by atoms with Crippen molar-refractivity contribution in [3.63, 3.8) is 0 Å². The molecule has 0 amide bonds. The molecular formula is C12H25N3. The van der Waals surface area contributed by atoms with Gasteiger partial charge in [0, 0.05) is 11.5 Å². The summed E-state index contributed by atoms with van der Waals surface area (Å²) in [6, 6.07) is 0. The van der Waals surface area contributed by atoms with Crippen LogP contribution in [0.2, 0.25) is 0 Å². The second-order valence-corrected chi connectivity index (χ2v) is 5.22. The highest BCUT2D eigenvalue weighted by Gasteiger charge is 2.35. The lowest BCUT2D eigenvalue weighted by molar-refractivity contribution is 0.167. The zero-order valence-electron chi connectivity index (χ0n) is 10.6. The molecule has 0 atom stereocenters. The Hall–Kier alpha value is -0.570. The highest BCUT2D eigenvalue weighted by molar-refractivity contribution is 5.82. The first-order chi connectivity index (χ1) is 6.98. The van der Waals surface area contributed by atoms with E-state index in [0.29, 0.717) is 5.92 Å². The lowest BCUT2D eigenvalue weighted by atomic mass is 9.96. The number of likely N-dealkylation sites (N-methyl/N-ethyl adjacent to an activating group) is 1. The molecule has 1 aliphatic rings. The Morgan fingerprint density at radius 3 is 2.27 bits per heavy atom. The van der Waals surface area contributed by atoms with Crippen LogP contribution in [0.1, 0.15) is 39.5 Å². The third-order valence-corrected chi connectivity index (χ3v) is 3.63. The fourth-order valence-corrected chi connectivity index (χ4v) is 2.20. The maximum atomic E-state index is 5.89. The van der Waals surface area contributed by atoms with Crippen molar-refractivity contribution in [1.82, 2.24) is 4.90 Å². The summed E-state index contributed by atoms with van der Waals surface area (Å²) in [7, 11) is 4.32. The van der Waals surface area contributed by atoms with Gasteiger partial charge in [-0.15, -0.1) is 0 Å². The Bertz CT molecular complexity index is 225. The van der Waals surface area contributed by atoms with Gasteiger partial charge in [-0.25, -0.2) is 0 Å². The van der Waals surface area contributed by atoms with Gasteiger partial charge in [0.25, 0.3) is 0 Å². The number of nitrogens with zero attached hydrogens (tertiary/aromatic N) is 2. The molecule has 1 rings (SSSR count). The molecule has 88 valence electrons. The van der Waals surface area contributed by atoms with Crippen LogP contribution in [0, 0.1) is 5.92 Å². The smallest absolute Gasteiger partial charge is 0.0963 e. The molecule has 0 aliphatic heterocycles. The molecular weight excluding hydrogens is 186 g/mol. The van der Waals surface area contributed by atoms with Crippen LogP contribution in [0.15, 0.2) is 4.99 Å². The van der Waals surface area contributed by atoms with Crippen molar-refractivity contribution in [2.75, 3.05) is 20.6 Å². The Morgan fingerprint density at radius 2 is 1.87 bits per heavy atom.